The molecular formula is C13H19N3O2. The quantitative estimate of drug-likeness (QED) is 0.761. The highest BCUT2D eigenvalue weighted by molar-refractivity contribution is 5.76. The van der Waals surface area contributed by atoms with Gasteiger partial charge in [0.05, 0.1) is 13.2 Å². The summed E-state index contributed by atoms with van der Waals surface area (Å²) >= 11 is 0. The first-order valence-corrected chi connectivity index (χ1v) is 6.21. The van der Waals surface area contributed by atoms with E-state index >= 15 is 0 Å². The summed E-state index contributed by atoms with van der Waals surface area (Å²) in [7, 11) is 0. The Labute approximate surface area is 106 Å². The molecule has 0 spiro atoms. The van der Waals surface area contributed by atoms with Gasteiger partial charge in [0.1, 0.15) is 5.52 Å². The lowest BCUT2D eigenvalue weighted by atomic mass is 10.3. The molecule has 0 amide bonds. The lowest BCUT2D eigenvalue weighted by molar-refractivity contribution is 0.179. The Morgan fingerprint density at radius 1 is 1.39 bits per heavy atom. The number of oxazole rings is 1. The highest BCUT2D eigenvalue weighted by atomic mass is 16.3. The van der Waals surface area contributed by atoms with Crippen LogP contribution in [0.3, 0.4) is 0 Å². The maximum Gasteiger partial charge on any atom is 0.209 e. The van der Waals surface area contributed by atoms with Crippen molar-refractivity contribution in [2.45, 2.75) is 19.9 Å². The lowest BCUT2D eigenvalue weighted by Gasteiger charge is -2.17. The second kappa shape index (κ2) is 5.84. The molecule has 1 aromatic heterocycles. The normalized spacial score (nSPS) is 11.5. The first-order chi connectivity index (χ1) is 8.72. The number of nitrogens with zero attached hydrogens (tertiary/aromatic N) is 2. The van der Waals surface area contributed by atoms with Crippen molar-refractivity contribution in [1.82, 2.24) is 9.88 Å². The van der Waals surface area contributed by atoms with Gasteiger partial charge in [-0.3, -0.25) is 4.90 Å². The fourth-order valence-electron chi connectivity index (χ4n) is 1.98. The van der Waals surface area contributed by atoms with Crippen LogP contribution in [-0.4, -0.2) is 34.7 Å². The molecule has 5 heteroatoms. The highest BCUT2D eigenvalue weighted by Crippen LogP contribution is 2.19. The van der Waals surface area contributed by atoms with E-state index in [0.29, 0.717) is 24.7 Å². The van der Waals surface area contributed by atoms with E-state index in [2.05, 4.69) is 16.8 Å². The second-order valence-corrected chi connectivity index (χ2v) is 4.33. The molecule has 3 N–H and O–H groups in total. The Balaban J connectivity index is 2.14. The predicted octanol–water partition coefficient (Wildman–Crippen LogP) is 1.61. The molecule has 0 fully saturated rings. The van der Waals surface area contributed by atoms with Crippen molar-refractivity contribution in [1.29, 1.82) is 0 Å². The van der Waals surface area contributed by atoms with Crippen molar-refractivity contribution in [2.75, 3.05) is 25.4 Å². The number of anilines is 1. The van der Waals surface area contributed by atoms with E-state index in [1.165, 1.54) is 0 Å². The summed E-state index contributed by atoms with van der Waals surface area (Å²) in [5.74, 6) is 0.664. The van der Waals surface area contributed by atoms with E-state index in [1.54, 1.807) is 12.1 Å². The maximum atomic E-state index is 9.01. The van der Waals surface area contributed by atoms with Crippen LogP contribution in [0.5, 0.6) is 0 Å². The SMILES string of the molecule is CCCN(CCO)Cc1nc2cc(N)ccc2o1. The minimum Gasteiger partial charge on any atom is -0.439 e. The van der Waals surface area contributed by atoms with Crippen LogP contribution < -0.4 is 5.73 Å². The molecule has 2 aromatic rings. The fraction of sp³-hybridized carbons (Fsp3) is 0.462. The summed E-state index contributed by atoms with van der Waals surface area (Å²) < 4.78 is 5.66. The van der Waals surface area contributed by atoms with Gasteiger partial charge < -0.3 is 15.3 Å². The number of rotatable bonds is 6. The van der Waals surface area contributed by atoms with Crippen LogP contribution in [0.15, 0.2) is 22.6 Å². The van der Waals surface area contributed by atoms with E-state index < -0.39 is 0 Å². The number of hydrogen-bond acceptors (Lipinski definition) is 5. The summed E-state index contributed by atoms with van der Waals surface area (Å²) in [5.41, 5.74) is 7.92. The molecule has 0 unspecified atom stereocenters. The molecule has 0 radical (unpaired) electrons. The molecule has 0 aliphatic rings. The van der Waals surface area contributed by atoms with Crippen molar-refractivity contribution in [3.63, 3.8) is 0 Å². The van der Waals surface area contributed by atoms with Crippen molar-refractivity contribution >= 4 is 16.8 Å². The Bertz CT molecular complexity index is 504. The zero-order valence-electron chi connectivity index (χ0n) is 10.6. The number of fused-ring (bicyclic) bond motifs is 1. The van der Waals surface area contributed by atoms with E-state index in [0.717, 1.165) is 24.1 Å². The molecule has 0 atom stereocenters. The largest absolute Gasteiger partial charge is 0.439 e. The number of nitrogen functional groups attached to an aromatic ring is 1. The standard InChI is InChI=1S/C13H19N3O2/c1-2-5-16(6-7-17)9-13-15-11-8-10(14)3-4-12(11)18-13/h3-4,8,17H,2,5-7,9,14H2,1H3. The Kier molecular flexibility index (Phi) is 4.17. The van der Waals surface area contributed by atoms with Gasteiger partial charge in [0.15, 0.2) is 5.58 Å². The summed E-state index contributed by atoms with van der Waals surface area (Å²) in [6.45, 7) is 4.42. The van der Waals surface area contributed by atoms with Crippen molar-refractivity contribution in [2.24, 2.45) is 0 Å². The van der Waals surface area contributed by atoms with Crippen LogP contribution >= 0.6 is 0 Å². The van der Waals surface area contributed by atoms with Crippen LogP contribution in [0.25, 0.3) is 11.1 Å². The molecule has 18 heavy (non-hydrogen) atoms. The van der Waals surface area contributed by atoms with Gasteiger partial charge in [-0.05, 0) is 31.2 Å². The van der Waals surface area contributed by atoms with Crippen LogP contribution in [-0.2, 0) is 6.54 Å². The summed E-state index contributed by atoms with van der Waals surface area (Å²) in [6.07, 6.45) is 1.03. The molecule has 1 heterocycles. The summed E-state index contributed by atoms with van der Waals surface area (Å²) in [5, 5.41) is 9.01. The Hall–Kier alpha value is -1.59. The highest BCUT2D eigenvalue weighted by Gasteiger charge is 2.10. The Morgan fingerprint density at radius 2 is 2.22 bits per heavy atom. The zero-order valence-corrected chi connectivity index (χ0v) is 10.6. The molecular weight excluding hydrogens is 230 g/mol. The number of benzene rings is 1. The zero-order chi connectivity index (χ0) is 13.0. The number of hydrogen-bond donors (Lipinski definition) is 2. The maximum absolute atomic E-state index is 9.01. The third-order valence-corrected chi connectivity index (χ3v) is 2.77. The third kappa shape index (κ3) is 3.00. The molecule has 2 rings (SSSR count). The number of nitrogens with two attached hydrogens (primary N) is 1. The molecule has 0 bridgehead atoms. The minimum atomic E-state index is 0.146. The number of aliphatic hydroxyl groups is 1. The minimum absolute atomic E-state index is 0.146. The van der Waals surface area contributed by atoms with Gasteiger partial charge in [0, 0.05) is 12.2 Å². The molecule has 0 saturated heterocycles. The first kappa shape index (κ1) is 12.9. The van der Waals surface area contributed by atoms with Gasteiger partial charge >= 0.3 is 0 Å². The first-order valence-electron chi connectivity index (χ1n) is 6.21. The third-order valence-electron chi connectivity index (χ3n) is 2.77. The smallest absolute Gasteiger partial charge is 0.209 e. The summed E-state index contributed by atoms with van der Waals surface area (Å²) in [6, 6.07) is 5.44. The van der Waals surface area contributed by atoms with Gasteiger partial charge in [-0.1, -0.05) is 6.92 Å². The van der Waals surface area contributed by atoms with E-state index in [1.807, 2.05) is 6.07 Å². The van der Waals surface area contributed by atoms with Crippen LogP contribution in [0.4, 0.5) is 5.69 Å². The molecule has 0 aliphatic carbocycles. The van der Waals surface area contributed by atoms with Crippen LogP contribution in [0, 0.1) is 0 Å². The van der Waals surface area contributed by atoms with Gasteiger partial charge in [0.25, 0.3) is 0 Å². The van der Waals surface area contributed by atoms with Crippen molar-refractivity contribution in [3.05, 3.63) is 24.1 Å². The van der Waals surface area contributed by atoms with Crippen LogP contribution in [0.2, 0.25) is 0 Å². The molecule has 0 saturated carbocycles. The van der Waals surface area contributed by atoms with E-state index in [-0.39, 0.29) is 6.61 Å². The van der Waals surface area contributed by atoms with Gasteiger partial charge in [-0.25, -0.2) is 4.98 Å². The van der Waals surface area contributed by atoms with Crippen molar-refractivity contribution in [3.8, 4) is 0 Å². The Morgan fingerprint density at radius 3 is 2.94 bits per heavy atom. The number of aliphatic hydroxyl groups excluding tert-OH is 1. The van der Waals surface area contributed by atoms with Gasteiger partial charge in [0.2, 0.25) is 5.89 Å². The fourth-order valence-corrected chi connectivity index (χ4v) is 1.98. The van der Waals surface area contributed by atoms with E-state index in [4.69, 9.17) is 15.3 Å². The van der Waals surface area contributed by atoms with E-state index in [9.17, 15) is 0 Å². The summed E-state index contributed by atoms with van der Waals surface area (Å²) in [4.78, 5) is 6.53. The second-order valence-electron chi connectivity index (χ2n) is 4.33. The van der Waals surface area contributed by atoms with Crippen LogP contribution in [0.1, 0.15) is 19.2 Å². The topological polar surface area (TPSA) is 75.5 Å². The number of aromatic nitrogens is 1. The molecule has 5 nitrogen and oxygen atoms in total. The van der Waals surface area contributed by atoms with Crippen molar-refractivity contribution < 1.29 is 9.52 Å². The lowest BCUT2D eigenvalue weighted by Crippen LogP contribution is -2.27. The average Bonchev–Trinajstić information content (AvgIpc) is 2.71. The van der Waals surface area contributed by atoms with Gasteiger partial charge in [-0.15, -0.1) is 0 Å². The molecule has 98 valence electrons. The molecule has 0 aliphatic heterocycles. The monoisotopic (exact) mass is 249 g/mol. The average molecular weight is 249 g/mol. The predicted molar refractivity (Wildman–Crippen MR) is 71.1 cm³/mol. The van der Waals surface area contributed by atoms with Gasteiger partial charge in [-0.2, -0.15) is 0 Å². The molecule has 1 aromatic carbocycles.